The van der Waals surface area contributed by atoms with Crippen molar-refractivity contribution >= 4 is 60.8 Å². The van der Waals surface area contributed by atoms with Gasteiger partial charge in [0.2, 0.25) is 0 Å². The molecule has 3 aromatic heterocycles. The molecule has 0 saturated carbocycles. The molecule has 0 unspecified atom stereocenters. The van der Waals surface area contributed by atoms with Gasteiger partial charge >= 0.3 is 0 Å². The maximum atomic E-state index is 5.17. The fraction of sp³-hybridized carbons (Fsp3) is 0.0408. The zero-order valence-electron chi connectivity index (χ0n) is 30.0. The van der Waals surface area contributed by atoms with Crippen LogP contribution in [0.15, 0.2) is 176 Å². The number of rotatable bonds is 6. The molecule has 0 aliphatic rings. The minimum absolute atomic E-state index is 0.854. The first-order valence-corrected chi connectivity index (χ1v) is 18.3. The summed E-state index contributed by atoms with van der Waals surface area (Å²) in [4.78, 5) is 17.5. The van der Waals surface area contributed by atoms with Crippen LogP contribution < -0.4 is 4.90 Å². The fourth-order valence-corrected chi connectivity index (χ4v) is 7.90. The molecule has 0 N–H and O–H groups in total. The van der Waals surface area contributed by atoms with Gasteiger partial charge in [-0.05, 0) is 85.6 Å². The van der Waals surface area contributed by atoms with Gasteiger partial charge in [-0.15, -0.1) is 0 Å². The number of benzene rings is 7. The number of aromatic nitrogens is 4. The lowest BCUT2D eigenvalue weighted by molar-refractivity contribution is 1.12. The molecule has 0 radical (unpaired) electrons. The van der Waals surface area contributed by atoms with E-state index in [1.807, 2.05) is 54.7 Å². The molecule has 54 heavy (non-hydrogen) atoms. The molecule has 5 nitrogen and oxygen atoms in total. The largest absolute Gasteiger partial charge is 0.309 e. The summed E-state index contributed by atoms with van der Waals surface area (Å²) in [6.07, 6.45) is 1.88. The zero-order valence-corrected chi connectivity index (χ0v) is 30.0. The van der Waals surface area contributed by atoms with Gasteiger partial charge in [0.25, 0.3) is 0 Å². The van der Waals surface area contributed by atoms with E-state index >= 15 is 0 Å². The Labute approximate surface area is 313 Å². The summed E-state index contributed by atoms with van der Waals surface area (Å²) in [6, 6.07) is 59.5. The van der Waals surface area contributed by atoms with E-state index < -0.39 is 0 Å². The van der Waals surface area contributed by atoms with Crippen LogP contribution >= 0.6 is 0 Å². The third-order valence-electron chi connectivity index (χ3n) is 10.7. The van der Waals surface area contributed by atoms with Gasteiger partial charge in [-0.1, -0.05) is 109 Å². The molecule has 256 valence electrons. The minimum atomic E-state index is 0.854. The van der Waals surface area contributed by atoms with E-state index in [-0.39, 0.29) is 0 Å². The zero-order chi connectivity index (χ0) is 36.2. The van der Waals surface area contributed by atoms with Gasteiger partial charge in [-0.3, -0.25) is 4.98 Å². The maximum absolute atomic E-state index is 5.17. The van der Waals surface area contributed by atoms with Crippen LogP contribution in [0.1, 0.15) is 11.1 Å². The van der Waals surface area contributed by atoms with E-state index in [1.165, 1.54) is 38.6 Å². The molecule has 0 aliphatic heterocycles. The second-order valence-electron chi connectivity index (χ2n) is 13.7. The Balaban J connectivity index is 1.15. The molecule has 10 rings (SSSR count). The number of pyridine rings is 1. The van der Waals surface area contributed by atoms with Crippen LogP contribution in [0.5, 0.6) is 0 Å². The molecular formula is C49H35N5. The topological polar surface area (TPSA) is 46.8 Å². The molecule has 5 heteroatoms. The lowest BCUT2D eigenvalue weighted by Crippen LogP contribution is -2.13. The summed E-state index contributed by atoms with van der Waals surface area (Å²) in [6.45, 7) is 4.47. The molecule has 0 spiro atoms. The fourth-order valence-electron chi connectivity index (χ4n) is 7.90. The Morgan fingerprint density at radius 1 is 0.463 bits per heavy atom. The van der Waals surface area contributed by atoms with E-state index in [0.29, 0.717) is 0 Å². The highest BCUT2D eigenvalue weighted by Crippen LogP contribution is 2.43. The van der Waals surface area contributed by atoms with Crippen LogP contribution in [-0.4, -0.2) is 19.5 Å². The molecule has 0 fully saturated rings. The van der Waals surface area contributed by atoms with Gasteiger partial charge in [-0.25, -0.2) is 9.97 Å². The van der Waals surface area contributed by atoms with Crippen molar-refractivity contribution in [2.45, 2.75) is 13.8 Å². The normalized spacial score (nSPS) is 11.5. The van der Waals surface area contributed by atoms with Gasteiger partial charge in [0.15, 0.2) is 0 Å². The second-order valence-corrected chi connectivity index (χ2v) is 13.7. The lowest BCUT2D eigenvalue weighted by atomic mass is 10.0. The van der Waals surface area contributed by atoms with Gasteiger partial charge in [0.1, 0.15) is 0 Å². The summed E-state index contributed by atoms with van der Waals surface area (Å²) in [7, 11) is 0. The summed E-state index contributed by atoms with van der Waals surface area (Å²) in [5.74, 6) is 0. The second kappa shape index (κ2) is 12.8. The Bertz CT molecular complexity index is 2960. The van der Waals surface area contributed by atoms with Gasteiger partial charge in [0.05, 0.1) is 44.7 Å². The highest BCUT2D eigenvalue weighted by atomic mass is 15.2. The lowest BCUT2D eigenvalue weighted by Gasteiger charge is -2.29. The van der Waals surface area contributed by atoms with Crippen molar-refractivity contribution in [3.8, 4) is 28.2 Å². The summed E-state index contributed by atoms with van der Waals surface area (Å²) in [5, 5.41) is 3.60. The van der Waals surface area contributed by atoms with E-state index in [4.69, 9.17) is 15.0 Å². The molecule has 0 amide bonds. The molecule has 3 heterocycles. The summed E-state index contributed by atoms with van der Waals surface area (Å²) in [5.41, 5.74) is 15.6. The van der Waals surface area contributed by atoms with Crippen molar-refractivity contribution in [1.82, 2.24) is 19.5 Å². The highest BCUT2D eigenvalue weighted by molar-refractivity contribution is 6.09. The number of nitrogens with zero attached hydrogens (tertiary/aromatic N) is 5. The summed E-state index contributed by atoms with van der Waals surface area (Å²) >= 11 is 0. The van der Waals surface area contributed by atoms with Gasteiger partial charge in [-0.2, -0.15) is 0 Å². The van der Waals surface area contributed by atoms with E-state index in [1.54, 1.807) is 0 Å². The van der Waals surface area contributed by atoms with Gasteiger partial charge in [0, 0.05) is 50.5 Å². The quantitative estimate of drug-likeness (QED) is 0.174. The number of hydrogen-bond donors (Lipinski definition) is 0. The van der Waals surface area contributed by atoms with Crippen LogP contribution in [0.4, 0.5) is 17.1 Å². The highest BCUT2D eigenvalue weighted by Gasteiger charge is 2.22. The molecule has 0 atom stereocenters. The SMILES string of the molecule is Cc1c(N(c2ccc(-c3nc4ccccc4nc3-c3ccccc3)cc2)c2cccc3cccnc23)ccc(-n2c3ccccc3c3ccccc32)c1C. The average molecular weight is 694 g/mol. The molecule has 0 aliphatic carbocycles. The van der Waals surface area contributed by atoms with Crippen LogP contribution in [0.2, 0.25) is 0 Å². The predicted molar refractivity (Wildman–Crippen MR) is 224 cm³/mol. The Hall–Kier alpha value is -7.11. The smallest absolute Gasteiger partial charge is 0.0973 e. The van der Waals surface area contributed by atoms with Crippen molar-refractivity contribution in [3.63, 3.8) is 0 Å². The van der Waals surface area contributed by atoms with Crippen LogP contribution in [-0.2, 0) is 0 Å². The van der Waals surface area contributed by atoms with Crippen molar-refractivity contribution in [1.29, 1.82) is 0 Å². The van der Waals surface area contributed by atoms with E-state index in [9.17, 15) is 0 Å². The first kappa shape index (κ1) is 31.6. The Morgan fingerprint density at radius 3 is 1.74 bits per heavy atom. The third kappa shape index (κ3) is 5.13. The standard InChI is InChI=1S/C49H35N5/c1-32-33(2)43(54-44-22-10-6-18-38(44)39-19-7-11-23-45(39)54)30-29-42(32)53(46-24-12-16-34-17-13-31-50-47(34)46)37-27-25-36(26-28-37)49-48(35-14-4-3-5-15-35)51-40-20-8-9-21-41(40)52-49/h3-31H,1-2H3. The van der Waals surface area contributed by atoms with Crippen LogP contribution in [0.3, 0.4) is 0 Å². The van der Waals surface area contributed by atoms with Crippen molar-refractivity contribution in [2.75, 3.05) is 4.90 Å². The molecule has 10 aromatic rings. The third-order valence-corrected chi connectivity index (χ3v) is 10.7. The Kier molecular flexibility index (Phi) is 7.51. The molecule has 7 aromatic carbocycles. The monoisotopic (exact) mass is 693 g/mol. The van der Waals surface area contributed by atoms with Crippen molar-refractivity contribution < 1.29 is 0 Å². The maximum Gasteiger partial charge on any atom is 0.0973 e. The first-order chi connectivity index (χ1) is 26.6. The van der Waals surface area contributed by atoms with Gasteiger partial charge < -0.3 is 9.47 Å². The first-order valence-electron chi connectivity index (χ1n) is 18.3. The van der Waals surface area contributed by atoms with Crippen molar-refractivity contribution in [2.24, 2.45) is 0 Å². The minimum Gasteiger partial charge on any atom is -0.309 e. The van der Waals surface area contributed by atoms with Crippen LogP contribution in [0.25, 0.3) is 71.9 Å². The molecule has 0 bridgehead atoms. The molecule has 0 saturated heterocycles. The predicted octanol–water partition coefficient (Wildman–Crippen LogP) is 12.7. The average Bonchev–Trinajstić information content (AvgIpc) is 3.57. The van der Waals surface area contributed by atoms with E-state index in [2.05, 4.69) is 145 Å². The number of para-hydroxylation sites is 5. The number of hydrogen-bond acceptors (Lipinski definition) is 4. The number of anilines is 3. The molecular weight excluding hydrogens is 659 g/mol. The van der Waals surface area contributed by atoms with E-state index in [0.717, 1.165) is 61.5 Å². The van der Waals surface area contributed by atoms with Crippen LogP contribution in [0, 0.1) is 13.8 Å². The van der Waals surface area contributed by atoms with Crippen molar-refractivity contribution in [3.05, 3.63) is 187 Å². The Morgan fingerprint density at radius 2 is 1.06 bits per heavy atom. The number of fused-ring (bicyclic) bond motifs is 5. The summed E-state index contributed by atoms with van der Waals surface area (Å²) < 4.78 is 2.41.